The molecule has 0 spiro atoms. The highest BCUT2D eigenvalue weighted by atomic mass is 32.1. The Bertz CT molecular complexity index is 349. The van der Waals surface area contributed by atoms with Gasteiger partial charge in [0, 0.05) is 10.6 Å². The lowest BCUT2D eigenvalue weighted by Gasteiger charge is -2.04. The summed E-state index contributed by atoms with van der Waals surface area (Å²) in [7, 11) is 0. The van der Waals surface area contributed by atoms with Gasteiger partial charge in [0.1, 0.15) is 0 Å². The molecule has 0 aliphatic carbocycles. The molecule has 2 nitrogen and oxygen atoms in total. The maximum absolute atomic E-state index is 10.4. The van der Waals surface area contributed by atoms with Crippen molar-refractivity contribution in [2.75, 3.05) is 0 Å². The number of aliphatic carboxylic acids is 1. The number of carboxylic acids is 1. The molecule has 0 aromatic heterocycles. The van der Waals surface area contributed by atoms with Gasteiger partial charge in [-0.05, 0) is 19.3 Å². The highest BCUT2D eigenvalue weighted by Gasteiger charge is 1.98. The molecule has 1 N–H and O–H groups in total. The van der Waals surface area contributed by atoms with E-state index in [1.807, 2.05) is 0 Å². The second-order valence-electron chi connectivity index (χ2n) is 9.07. The van der Waals surface area contributed by atoms with Gasteiger partial charge < -0.3 is 5.11 Å². The first-order chi connectivity index (χ1) is 14.6. The van der Waals surface area contributed by atoms with Gasteiger partial charge in [-0.1, -0.05) is 141 Å². The van der Waals surface area contributed by atoms with Crippen molar-refractivity contribution in [1.29, 1.82) is 0 Å². The molecule has 30 heavy (non-hydrogen) atoms. The number of hydrogen-bond acceptors (Lipinski definition) is 2. The summed E-state index contributed by atoms with van der Waals surface area (Å²) >= 11 is 9.16. The van der Waals surface area contributed by atoms with Crippen molar-refractivity contribution < 1.29 is 9.90 Å². The highest BCUT2D eigenvalue weighted by molar-refractivity contribution is 8.11. The molecule has 0 saturated carbocycles. The van der Waals surface area contributed by atoms with Crippen molar-refractivity contribution in [3.63, 3.8) is 0 Å². The van der Waals surface area contributed by atoms with Gasteiger partial charge in [0.25, 0.3) is 0 Å². The Labute approximate surface area is 198 Å². The average molecular weight is 459 g/mol. The molecule has 4 heteroatoms. The minimum absolute atomic E-state index is 0.341. The van der Waals surface area contributed by atoms with Crippen LogP contribution in [0.3, 0.4) is 0 Å². The van der Waals surface area contributed by atoms with E-state index in [1.54, 1.807) is 0 Å². The number of thiol groups is 1. The molecule has 178 valence electrons. The van der Waals surface area contributed by atoms with E-state index in [-0.39, 0.29) is 0 Å². The second-order valence-corrected chi connectivity index (χ2v) is 10.4. The molecule has 0 aliphatic heterocycles. The van der Waals surface area contributed by atoms with Crippen LogP contribution in [0.25, 0.3) is 0 Å². The molecule has 0 aromatic carbocycles. The first-order valence-electron chi connectivity index (χ1n) is 13.1. The number of unbranched alkanes of at least 4 members (excludes halogenated alkanes) is 21. The summed E-state index contributed by atoms with van der Waals surface area (Å²) in [5, 5.41) is 8.59. The minimum atomic E-state index is -0.654. The number of carbonyl (C=O) groups is 1. The Balaban J connectivity index is 3.02. The van der Waals surface area contributed by atoms with Gasteiger partial charge in [-0.2, -0.15) is 0 Å². The van der Waals surface area contributed by atoms with Gasteiger partial charge in [-0.3, -0.25) is 4.79 Å². The maximum Gasteiger partial charge on any atom is 0.303 e. The molecule has 0 unspecified atom stereocenters. The molecule has 0 heterocycles. The van der Waals surface area contributed by atoms with Crippen molar-refractivity contribution in [3.05, 3.63) is 0 Å². The Hall–Kier alpha value is -0.0900. The van der Waals surface area contributed by atoms with Crippen LogP contribution >= 0.6 is 24.8 Å². The van der Waals surface area contributed by atoms with Crippen molar-refractivity contribution in [1.82, 2.24) is 0 Å². The lowest BCUT2D eigenvalue weighted by Crippen LogP contribution is -1.93. The summed E-state index contributed by atoms with van der Waals surface area (Å²) in [4.78, 5) is 10.4. The molecule has 0 saturated heterocycles. The third-order valence-corrected chi connectivity index (χ3v) is 6.46. The van der Waals surface area contributed by atoms with Gasteiger partial charge in [-0.15, -0.1) is 12.6 Å². The van der Waals surface area contributed by atoms with Gasteiger partial charge in [0.15, 0.2) is 0 Å². The van der Waals surface area contributed by atoms with E-state index in [4.69, 9.17) is 17.3 Å². The Morgan fingerprint density at radius 1 is 0.467 bits per heavy atom. The van der Waals surface area contributed by atoms with Crippen LogP contribution in [0.1, 0.15) is 154 Å². The van der Waals surface area contributed by atoms with Crippen molar-refractivity contribution >= 4 is 35.0 Å². The van der Waals surface area contributed by atoms with Crippen LogP contribution in [0.2, 0.25) is 0 Å². The third-order valence-electron chi connectivity index (χ3n) is 6.03. The third kappa shape index (κ3) is 27.9. The summed E-state index contributed by atoms with van der Waals surface area (Å²) in [5.74, 6) is -0.654. The van der Waals surface area contributed by atoms with E-state index >= 15 is 0 Å². The molecule has 0 fully saturated rings. The van der Waals surface area contributed by atoms with Crippen molar-refractivity contribution in [2.45, 2.75) is 154 Å². The van der Waals surface area contributed by atoms with E-state index in [9.17, 15) is 4.79 Å². The van der Waals surface area contributed by atoms with Gasteiger partial charge in [-0.25, -0.2) is 0 Å². The zero-order valence-electron chi connectivity index (χ0n) is 19.7. The number of rotatable bonds is 25. The smallest absolute Gasteiger partial charge is 0.303 e. The number of thiocarbonyl (C=S) groups is 1. The predicted octanol–water partition coefficient (Wildman–Crippen LogP) is 9.69. The summed E-state index contributed by atoms with van der Waals surface area (Å²) in [5.41, 5.74) is 0. The van der Waals surface area contributed by atoms with Crippen LogP contribution in [-0.4, -0.2) is 15.3 Å². The van der Waals surface area contributed by atoms with E-state index in [0.717, 1.165) is 23.5 Å². The Morgan fingerprint density at radius 2 is 0.667 bits per heavy atom. The molecular weight excluding hydrogens is 408 g/mol. The fourth-order valence-corrected chi connectivity index (χ4v) is 4.39. The second kappa shape index (κ2) is 25.2. The van der Waals surface area contributed by atoms with Crippen LogP contribution in [-0.2, 0) is 4.79 Å². The largest absolute Gasteiger partial charge is 0.481 e. The summed E-state index contributed by atoms with van der Waals surface area (Å²) < 4.78 is 0.865. The summed E-state index contributed by atoms with van der Waals surface area (Å²) in [6.45, 7) is 0. The van der Waals surface area contributed by atoms with E-state index in [1.165, 1.54) is 128 Å². The molecule has 0 bridgehead atoms. The normalized spacial score (nSPS) is 11.1. The van der Waals surface area contributed by atoms with Gasteiger partial charge in [0.05, 0.1) is 0 Å². The first-order valence-corrected chi connectivity index (χ1v) is 13.9. The molecule has 0 aliphatic rings. The average Bonchev–Trinajstić information content (AvgIpc) is 2.70. The standard InChI is InChI=1S/C26H50O2S2/c27-25(28)23-21-19-17-15-13-11-9-7-5-3-1-2-4-6-8-10-12-14-16-18-20-22-24-26(29)30/h1-24H2,(H,27,28)(H,29,30). The Kier molecular flexibility index (Phi) is 25.1. The van der Waals surface area contributed by atoms with Crippen LogP contribution in [0.5, 0.6) is 0 Å². The van der Waals surface area contributed by atoms with Crippen LogP contribution in [0.4, 0.5) is 0 Å². The molecule has 0 radical (unpaired) electrons. The van der Waals surface area contributed by atoms with Crippen molar-refractivity contribution in [2.24, 2.45) is 0 Å². The molecular formula is C26H50O2S2. The van der Waals surface area contributed by atoms with Gasteiger partial charge in [0.2, 0.25) is 0 Å². The van der Waals surface area contributed by atoms with Crippen molar-refractivity contribution in [3.8, 4) is 0 Å². The van der Waals surface area contributed by atoms with E-state index < -0.39 is 5.97 Å². The molecule has 0 atom stereocenters. The van der Waals surface area contributed by atoms with Crippen LogP contribution < -0.4 is 0 Å². The monoisotopic (exact) mass is 458 g/mol. The molecule has 0 rings (SSSR count). The predicted molar refractivity (Wildman–Crippen MR) is 140 cm³/mol. The fourth-order valence-electron chi connectivity index (χ4n) is 4.09. The maximum atomic E-state index is 10.4. The van der Waals surface area contributed by atoms with E-state index in [0.29, 0.717) is 6.42 Å². The summed E-state index contributed by atoms with van der Waals surface area (Å²) in [6, 6.07) is 0. The quantitative estimate of drug-likeness (QED) is 0.0812. The highest BCUT2D eigenvalue weighted by Crippen LogP contribution is 2.15. The minimum Gasteiger partial charge on any atom is -0.481 e. The van der Waals surface area contributed by atoms with E-state index in [2.05, 4.69) is 12.6 Å². The molecule has 0 amide bonds. The summed E-state index contributed by atoms with van der Waals surface area (Å²) in [6.07, 6.45) is 30.8. The zero-order valence-corrected chi connectivity index (χ0v) is 21.4. The van der Waals surface area contributed by atoms with Crippen LogP contribution in [0, 0.1) is 0 Å². The van der Waals surface area contributed by atoms with Crippen LogP contribution in [0.15, 0.2) is 0 Å². The topological polar surface area (TPSA) is 37.3 Å². The van der Waals surface area contributed by atoms with Gasteiger partial charge >= 0.3 is 5.97 Å². The lowest BCUT2D eigenvalue weighted by atomic mass is 10.0. The molecule has 0 aromatic rings. The lowest BCUT2D eigenvalue weighted by molar-refractivity contribution is -0.137. The fraction of sp³-hybridized carbons (Fsp3) is 0.923. The number of carboxylic acid groups (broad SMARTS) is 1. The number of hydrogen-bond donors (Lipinski definition) is 2. The SMILES string of the molecule is O=C(O)CCCCCCCCCCCCCCCCCCCCCCCCC(=S)S. The zero-order chi connectivity index (χ0) is 22.1. The Morgan fingerprint density at radius 3 is 0.867 bits per heavy atom. The first kappa shape index (κ1) is 29.9.